The number of imidazole rings is 1. The molecule has 1 aromatic rings. The van der Waals surface area contributed by atoms with Crippen LogP contribution in [0.5, 0.6) is 0 Å². The number of hydrogen-bond donors (Lipinski definition) is 1. The summed E-state index contributed by atoms with van der Waals surface area (Å²) >= 11 is 0. The smallest absolute Gasteiger partial charge is 0.220 e. The Morgan fingerprint density at radius 2 is 2.22 bits per heavy atom. The van der Waals surface area contributed by atoms with Crippen molar-refractivity contribution in [2.24, 2.45) is 5.92 Å². The van der Waals surface area contributed by atoms with E-state index in [0.29, 0.717) is 12.0 Å². The molecule has 98 valence electrons. The van der Waals surface area contributed by atoms with Crippen molar-refractivity contribution in [2.75, 3.05) is 0 Å². The van der Waals surface area contributed by atoms with E-state index in [2.05, 4.69) is 14.9 Å². The van der Waals surface area contributed by atoms with Gasteiger partial charge in [0.05, 0.1) is 0 Å². The number of fused-ring (bicyclic) bond motifs is 1. The molecule has 1 amide bonds. The van der Waals surface area contributed by atoms with Crippen molar-refractivity contribution < 1.29 is 4.79 Å². The van der Waals surface area contributed by atoms with Crippen LogP contribution in [0.3, 0.4) is 0 Å². The van der Waals surface area contributed by atoms with E-state index < -0.39 is 0 Å². The molecule has 1 aliphatic carbocycles. The van der Waals surface area contributed by atoms with Crippen LogP contribution in [-0.4, -0.2) is 21.5 Å². The standard InChI is InChI=1S/C14H21N3O/c18-14(9-11-3-1-2-4-11)16-12-5-6-13-15-7-8-17(13)10-12/h7-8,11-12H,1-6,9-10H2,(H,16,18). The molecule has 3 rings (SSSR count). The molecule has 0 radical (unpaired) electrons. The number of nitrogens with zero attached hydrogens (tertiary/aromatic N) is 2. The van der Waals surface area contributed by atoms with E-state index in [-0.39, 0.29) is 5.91 Å². The van der Waals surface area contributed by atoms with Crippen LogP contribution in [0.25, 0.3) is 0 Å². The first-order valence-corrected chi connectivity index (χ1v) is 7.10. The second kappa shape index (κ2) is 5.12. The maximum Gasteiger partial charge on any atom is 0.220 e. The average molecular weight is 247 g/mol. The van der Waals surface area contributed by atoms with Gasteiger partial charge in [0.1, 0.15) is 5.82 Å². The summed E-state index contributed by atoms with van der Waals surface area (Å²) in [6.07, 6.45) is 11.7. The lowest BCUT2D eigenvalue weighted by atomic mass is 10.0. The van der Waals surface area contributed by atoms with Gasteiger partial charge < -0.3 is 9.88 Å². The van der Waals surface area contributed by atoms with Gasteiger partial charge in [-0.25, -0.2) is 4.98 Å². The zero-order chi connectivity index (χ0) is 12.4. The highest BCUT2D eigenvalue weighted by molar-refractivity contribution is 5.76. The van der Waals surface area contributed by atoms with Crippen molar-refractivity contribution >= 4 is 5.91 Å². The molecule has 0 saturated heterocycles. The van der Waals surface area contributed by atoms with Crippen LogP contribution in [-0.2, 0) is 17.8 Å². The minimum Gasteiger partial charge on any atom is -0.352 e. The van der Waals surface area contributed by atoms with Crippen molar-refractivity contribution in [3.05, 3.63) is 18.2 Å². The van der Waals surface area contributed by atoms with Gasteiger partial charge in [0.25, 0.3) is 0 Å². The monoisotopic (exact) mass is 247 g/mol. The SMILES string of the molecule is O=C(CC1CCCC1)NC1CCc2nccn2C1. The second-order valence-electron chi connectivity index (χ2n) is 5.65. The lowest BCUT2D eigenvalue weighted by molar-refractivity contribution is -0.122. The highest BCUT2D eigenvalue weighted by atomic mass is 16.1. The number of nitrogens with one attached hydrogen (secondary N) is 1. The summed E-state index contributed by atoms with van der Waals surface area (Å²) in [4.78, 5) is 16.3. The van der Waals surface area contributed by atoms with Crippen molar-refractivity contribution in [2.45, 2.75) is 57.5 Å². The molecule has 1 atom stereocenters. The topological polar surface area (TPSA) is 46.9 Å². The molecule has 1 aliphatic heterocycles. The van der Waals surface area contributed by atoms with Crippen LogP contribution in [0.15, 0.2) is 12.4 Å². The fourth-order valence-electron chi connectivity index (χ4n) is 3.25. The molecule has 1 saturated carbocycles. The van der Waals surface area contributed by atoms with Gasteiger partial charge in [-0.1, -0.05) is 12.8 Å². The zero-order valence-corrected chi connectivity index (χ0v) is 10.8. The number of aryl methyl sites for hydroxylation is 1. The Morgan fingerprint density at radius 3 is 3.06 bits per heavy atom. The van der Waals surface area contributed by atoms with Gasteiger partial charge in [-0.05, 0) is 25.2 Å². The Balaban J connectivity index is 1.50. The van der Waals surface area contributed by atoms with E-state index in [4.69, 9.17) is 0 Å². The molecule has 0 spiro atoms. The number of carbonyl (C=O) groups is 1. The summed E-state index contributed by atoms with van der Waals surface area (Å²) in [5, 5.41) is 3.19. The lowest BCUT2D eigenvalue weighted by Gasteiger charge is -2.25. The highest BCUT2D eigenvalue weighted by Gasteiger charge is 2.23. The predicted molar refractivity (Wildman–Crippen MR) is 69.1 cm³/mol. The summed E-state index contributed by atoms with van der Waals surface area (Å²) in [5.74, 6) is 2.03. The number of aromatic nitrogens is 2. The van der Waals surface area contributed by atoms with Gasteiger partial charge in [0.2, 0.25) is 5.91 Å². The molecule has 2 heterocycles. The summed E-state index contributed by atoms with van der Waals surface area (Å²) in [6, 6.07) is 0.292. The Kier molecular flexibility index (Phi) is 3.35. The first kappa shape index (κ1) is 11.8. The lowest BCUT2D eigenvalue weighted by Crippen LogP contribution is -2.41. The highest BCUT2D eigenvalue weighted by Crippen LogP contribution is 2.27. The van der Waals surface area contributed by atoms with Crippen LogP contribution >= 0.6 is 0 Å². The molecule has 1 aromatic heterocycles. The third kappa shape index (κ3) is 2.57. The third-order valence-corrected chi connectivity index (χ3v) is 4.25. The Bertz CT molecular complexity index is 420. The fraction of sp³-hybridized carbons (Fsp3) is 0.714. The van der Waals surface area contributed by atoms with Gasteiger partial charge in [0.15, 0.2) is 0 Å². The summed E-state index contributed by atoms with van der Waals surface area (Å²) < 4.78 is 2.16. The van der Waals surface area contributed by atoms with Crippen LogP contribution in [0, 0.1) is 5.92 Å². The molecule has 1 unspecified atom stereocenters. The van der Waals surface area contributed by atoms with Crippen LogP contribution in [0.2, 0.25) is 0 Å². The summed E-state index contributed by atoms with van der Waals surface area (Å²) in [6.45, 7) is 0.881. The Morgan fingerprint density at radius 1 is 1.39 bits per heavy atom. The van der Waals surface area contributed by atoms with Crippen molar-refractivity contribution in [1.82, 2.24) is 14.9 Å². The summed E-state index contributed by atoms with van der Waals surface area (Å²) in [7, 11) is 0. The molecule has 4 heteroatoms. The normalized spacial score (nSPS) is 23.9. The average Bonchev–Trinajstić information content (AvgIpc) is 2.98. The predicted octanol–water partition coefficient (Wildman–Crippen LogP) is 1.89. The van der Waals surface area contributed by atoms with E-state index in [9.17, 15) is 4.79 Å². The van der Waals surface area contributed by atoms with Gasteiger partial charge >= 0.3 is 0 Å². The maximum absolute atomic E-state index is 12.0. The Hall–Kier alpha value is -1.32. The van der Waals surface area contributed by atoms with E-state index in [1.54, 1.807) is 0 Å². The zero-order valence-electron chi connectivity index (χ0n) is 10.8. The van der Waals surface area contributed by atoms with Crippen molar-refractivity contribution in [1.29, 1.82) is 0 Å². The molecule has 18 heavy (non-hydrogen) atoms. The molecule has 1 N–H and O–H groups in total. The molecular formula is C14H21N3O. The van der Waals surface area contributed by atoms with Gasteiger partial charge in [-0.3, -0.25) is 4.79 Å². The molecule has 1 fully saturated rings. The molecular weight excluding hydrogens is 226 g/mol. The van der Waals surface area contributed by atoms with Crippen LogP contribution < -0.4 is 5.32 Å². The minimum atomic E-state index is 0.246. The third-order valence-electron chi connectivity index (χ3n) is 4.25. The second-order valence-corrected chi connectivity index (χ2v) is 5.65. The Labute approximate surface area is 108 Å². The van der Waals surface area contributed by atoms with Gasteiger partial charge in [0, 0.05) is 37.8 Å². The number of carbonyl (C=O) groups excluding carboxylic acids is 1. The van der Waals surface area contributed by atoms with Crippen LogP contribution in [0.4, 0.5) is 0 Å². The van der Waals surface area contributed by atoms with Gasteiger partial charge in [-0.2, -0.15) is 0 Å². The van der Waals surface area contributed by atoms with E-state index in [1.807, 2.05) is 12.4 Å². The largest absolute Gasteiger partial charge is 0.352 e. The fourth-order valence-corrected chi connectivity index (χ4v) is 3.25. The molecule has 0 bridgehead atoms. The number of amides is 1. The quantitative estimate of drug-likeness (QED) is 0.886. The first-order valence-electron chi connectivity index (χ1n) is 7.10. The van der Waals surface area contributed by atoms with E-state index >= 15 is 0 Å². The number of rotatable bonds is 3. The molecule has 0 aromatic carbocycles. The van der Waals surface area contributed by atoms with E-state index in [1.165, 1.54) is 25.7 Å². The maximum atomic E-state index is 12.0. The first-order chi connectivity index (χ1) is 8.81. The molecule has 4 nitrogen and oxygen atoms in total. The van der Waals surface area contributed by atoms with Crippen molar-refractivity contribution in [3.8, 4) is 0 Å². The number of hydrogen-bond acceptors (Lipinski definition) is 2. The van der Waals surface area contributed by atoms with Gasteiger partial charge in [-0.15, -0.1) is 0 Å². The molecule has 2 aliphatic rings. The van der Waals surface area contributed by atoms with E-state index in [0.717, 1.165) is 31.6 Å². The van der Waals surface area contributed by atoms with Crippen LogP contribution in [0.1, 0.15) is 44.3 Å². The minimum absolute atomic E-state index is 0.246. The van der Waals surface area contributed by atoms with Crippen molar-refractivity contribution in [3.63, 3.8) is 0 Å². The summed E-state index contributed by atoms with van der Waals surface area (Å²) in [5.41, 5.74) is 0.